The lowest BCUT2D eigenvalue weighted by Gasteiger charge is -2.32. The fraction of sp³-hybridized carbons (Fsp3) is 0.750. The summed E-state index contributed by atoms with van der Waals surface area (Å²) in [5, 5.41) is 4.45. The molecule has 8 heteroatoms. The zero-order chi connectivity index (χ0) is 23.0. The Hall–Kier alpha value is -1.74. The van der Waals surface area contributed by atoms with Crippen LogP contribution in [0, 0.1) is 0 Å². The Balaban J connectivity index is 1.93. The summed E-state index contributed by atoms with van der Waals surface area (Å²) in [6.45, 7) is 11.1. The van der Waals surface area contributed by atoms with Crippen LogP contribution >= 0.6 is 0 Å². The number of aromatic nitrogens is 3. The maximum Gasteiger partial charge on any atom is 0.151 e. The van der Waals surface area contributed by atoms with Crippen LogP contribution in [0.25, 0.3) is 5.52 Å². The van der Waals surface area contributed by atoms with E-state index < -0.39 is 5.60 Å². The Bertz CT molecular complexity index is 829. The molecule has 2 N–H and O–H groups in total. The first-order chi connectivity index (χ1) is 15.6. The third-order valence-corrected chi connectivity index (χ3v) is 6.12. The number of fused-ring (bicyclic) bond motifs is 1. The topological polar surface area (TPSA) is 93.1 Å². The van der Waals surface area contributed by atoms with E-state index in [2.05, 4.69) is 37.8 Å². The van der Waals surface area contributed by atoms with Gasteiger partial charge in [0.15, 0.2) is 5.82 Å². The van der Waals surface area contributed by atoms with Gasteiger partial charge < -0.3 is 24.7 Å². The number of nitrogen functional groups attached to an aromatic ring is 1. The number of anilines is 1. The predicted octanol–water partition coefficient (Wildman–Crippen LogP) is 4.11. The van der Waals surface area contributed by atoms with Gasteiger partial charge in [-0.3, -0.25) is 0 Å². The third kappa shape index (κ3) is 5.42. The lowest BCUT2D eigenvalue weighted by molar-refractivity contribution is -0.113. The molecule has 180 valence electrons. The van der Waals surface area contributed by atoms with Crippen molar-refractivity contribution in [3.05, 3.63) is 24.2 Å². The molecule has 8 nitrogen and oxygen atoms in total. The van der Waals surface area contributed by atoms with Crippen LogP contribution in [0.1, 0.15) is 71.9 Å². The van der Waals surface area contributed by atoms with Gasteiger partial charge in [-0.1, -0.05) is 40.0 Å². The van der Waals surface area contributed by atoms with Crippen LogP contribution in [0.2, 0.25) is 0 Å². The first kappa shape index (κ1) is 24.9. The molecule has 2 aromatic heterocycles. The van der Waals surface area contributed by atoms with Crippen molar-refractivity contribution in [1.29, 1.82) is 0 Å². The molecule has 0 aromatic carbocycles. The van der Waals surface area contributed by atoms with Crippen LogP contribution < -0.4 is 5.73 Å². The number of rotatable bonds is 14. The van der Waals surface area contributed by atoms with Gasteiger partial charge in [0.1, 0.15) is 35.8 Å². The van der Waals surface area contributed by atoms with Crippen LogP contribution in [0.15, 0.2) is 18.5 Å². The fourth-order valence-electron chi connectivity index (χ4n) is 4.23. The van der Waals surface area contributed by atoms with Crippen molar-refractivity contribution in [3.8, 4) is 0 Å². The average molecular weight is 449 g/mol. The van der Waals surface area contributed by atoms with E-state index in [0.29, 0.717) is 32.2 Å². The quantitative estimate of drug-likeness (QED) is 0.435. The van der Waals surface area contributed by atoms with Gasteiger partial charge in [0.2, 0.25) is 0 Å². The molecule has 0 spiro atoms. The summed E-state index contributed by atoms with van der Waals surface area (Å²) in [6.07, 6.45) is 6.96. The number of hydrogen-bond acceptors (Lipinski definition) is 7. The minimum Gasteiger partial charge on any atom is -0.382 e. The average Bonchev–Trinajstić information content (AvgIpc) is 3.33. The summed E-state index contributed by atoms with van der Waals surface area (Å²) in [6, 6.07) is 3.93. The first-order valence-corrected chi connectivity index (χ1v) is 12.1. The summed E-state index contributed by atoms with van der Waals surface area (Å²) in [5.74, 6) is 0.437. The third-order valence-electron chi connectivity index (χ3n) is 6.12. The molecule has 3 heterocycles. The van der Waals surface area contributed by atoms with Gasteiger partial charge in [-0.15, -0.1) is 0 Å². The highest BCUT2D eigenvalue weighted by Crippen LogP contribution is 2.43. The number of unbranched alkanes of at least 4 members (excludes halogenated alkanes) is 3. The molecule has 2 aromatic rings. The zero-order valence-corrected chi connectivity index (χ0v) is 20.1. The molecule has 3 rings (SSSR count). The Morgan fingerprint density at radius 3 is 2.44 bits per heavy atom. The number of nitrogens with two attached hydrogens (primary N) is 1. The molecule has 1 aliphatic heterocycles. The van der Waals surface area contributed by atoms with Gasteiger partial charge in [-0.05, 0) is 38.3 Å². The lowest BCUT2D eigenvalue weighted by atomic mass is 9.92. The molecule has 0 bridgehead atoms. The molecule has 0 aliphatic carbocycles. The van der Waals surface area contributed by atoms with Gasteiger partial charge >= 0.3 is 0 Å². The molecule has 1 saturated heterocycles. The maximum absolute atomic E-state index is 6.71. The molecule has 0 saturated carbocycles. The van der Waals surface area contributed by atoms with Crippen LogP contribution in [0.3, 0.4) is 0 Å². The minimum absolute atomic E-state index is 0.227. The fourth-order valence-corrected chi connectivity index (χ4v) is 4.23. The molecule has 0 amide bonds. The smallest absolute Gasteiger partial charge is 0.151 e. The summed E-state index contributed by atoms with van der Waals surface area (Å²) in [5.41, 5.74) is 6.95. The normalized spacial score (nSPS) is 25.7. The van der Waals surface area contributed by atoms with E-state index in [1.54, 1.807) is 0 Å². The number of ether oxygens (including phenoxy) is 4. The first-order valence-electron chi connectivity index (χ1n) is 12.1. The van der Waals surface area contributed by atoms with Crippen molar-refractivity contribution in [3.63, 3.8) is 0 Å². The number of nitrogens with zero attached hydrogens (tertiary/aromatic N) is 3. The second-order valence-electron chi connectivity index (χ2n) is 8.69. The van der Waals surface area contributed by atoms with Gasteiger partial charge in [0.05, 0.1) is 12.3 Å². The van der Waals surface area contributed by atoms with Gasteiger partial charge in [0, 0.05) is 19.8 Å². The van der Waals surface area contributed by atoms with Crippen molar-refractivity contribution in [2.24, 2.45) is 0 Å². The summed E-state index contributed by atoms with van der Waals surface area (Å²) < 4.78 is 27.3. The molecule has 1 fully saturated rings. The van der Waals surface area contributed by atoms with E-state index in [1.165, 1.54) is 6.33 Å². The van der Waals surface area contributed by atoms with Crippen molar-refractivity contribution in [2.75, 3.05) is 32.2 Å². The molecular weight excluding hydrogens is 408 g/mol. The van der Waals surface area contributed by atoms with Crippen LogP contribution in [-0.4, -0.2) is 59.3 Å². The number of hydrogen-bond donors (Lipinski definition) is 1. The lowest BCUT2D eigenvalue weighted by Crippen LogP contribution is -2.43. The Morgan fingerprint density at radius 1 is 1.03 bits per heavy atom. The molecule has 0 radical (unpaired) electrons. The second kappa shape index (κ2) is 11.9. The Kier molecular flexibility index (Phi) is 9.28. The molecular formula is C24H40N4O4. The summed E-state index contributed by atoms with van der Waals surface area (Å²) in [4.78, 5) is 4.12. The summed E-state index contributed by atoms with van der Waals surface area (Å²) >= 11 is 0. The highest BCUT2D eigenvalue weighted by atomic mass is 16.6. The van der Waals surface area contributed by atoms with Gasteiger partial charge in [-0.25, -0.2) is 9.50 Å². The highest BCUT2D eigenvalue weighted by Gasteiger charge is 2.56. The van der Waals surface area contributed by atoms with E-state index in [9.17, 15) is 0 Å². The Labute approximate surface area is 191 Å². The minimum atomic E-state index is -0.767. The van der Waals surface area contributed by atoms with E-state index in [4.69, 9.17) is 24.7 Å². The molecule has 4 atom stereocenters. The Morgan fingerprint density at radius 2 is 1.72 bits per heavy atom. The largest absolute Gasteiger partial charge is 0.382 e. The second-order valence-corrected chi connectivity index (χ2v) is 8.69. The van der Waals surface area contributed by atoms with Crippen molar-refractivity contribution in [2.45, 2.75) is 90.1 Å². The van der Waals surface area contributed by atoms with Crippen molar-refractivity contribution >= 4 is 11.3 Å². The van der Waals surface area contributed by atoms with Crippen LogP contribution in [-0.2, 0) is 24.5 Å². The van der Waals surface area contributed by atoms with Crippen molar-refractivity contribution < 1.29 is 18.9 Å². The standard InChI is InChI=1S/C24H40N4O4/c1-5-8-13-29-16-19-21(30-14-9-6-2)22(31-15-10-7-3)24(4,32-19)20-12-11-18-23(25)26-17-27-28(18)20/h11-12,17,19,21-22H,5-10,13-16H2,1-4H3,(H2,25,26,27)/t19-,21-,22-,24?/m1/s1. The van der Waals surface area contributed by atoms with Crippen LogP contribution in [0.4, 0.5) is 5.82 Å². The van der Waals surface area contributed by atoms with E-state index >= 15 is 0 Å². The van der Waals surface area contributed by atoms with Gasteiger partial charge in [-0.2, -0.15) is 5.10 Å². The van der Waals surface area contributed by atoms with E-state index in [-0.39, 0.29) is 18.3 Å². The maximum atomic E-state index is 6.71. The monoisotopic (exact) mass is 448 g/mol. The summed E-state index contributed by atoms with van der Waals surface area (Å²) in [7, 11) is 0. The SMILES string of the molecule is CCCCOC[C@H]1OC(C)(c2ccc3c(N)ncnn23)[C@H](OCCCC)[C@@H]1OCCCC. The van der Waals surface area contributed by atoms with E-state index in [1.807, 2.05) is 16.6 Å². The van der Waals surface area contributed by atoms with Gasteiger partial charge in [0.25, 0.3) is 0 Å². The molecule has 1 unspecified atom stereocenters. The highest BCUT2D eigenvalue weighted by molar-refractivity contribution is 5.65. The zero-order valence-electron chi connectivity index (χ0n) is 20.1. The van der Waals surface area contributed by atoms with Crippen LogP contribution in [0.5, 0.6) is 0 Å². The van der Waals surface area contributed by atoms with E-state index in [0.717, 1.165) is 49.7 Å². The molecule has 1 aliphatic rings. The van der Waals surface area contributed by atoms with Crippen molar-refractivity contribution in [1.82, 2.24) is 14.6 Å². The molecule has 32 heavy (non-hydrogen) atoms. The predicted molar refractivity (Wildman–Crippen MR) is 125 cm³/mol.